The zero-order valence-corrected chi connectivity index (χ0v) is 8.32. The van der Waals surface area contributed by atoms with E-state index in [0.717, 1.165) is 5.56 Å². The first kappa shape index (κ1) is 8.42. The molecule has 0 amide bonds. The predicted octanol–water partition coefficient (Wildman–Crippen LogP) is -0.257. The molecule has 0 aliphatic carbocycles. The van der Waals surface area contributed by atoms with Gasteiger partial charge in [0.1, 0.15) is 0 Å². The summed E-state index contributed by atoms with van der Waals surface area (Å²) in [6, 6.07) is 9.18. The summed E-state index contributed by atoms with van der Waals surface area (Å²) in [5.41, 5.74) is 0.533. The van der Waals surface area contributed by atoms with Crippen LogP contribution in [0.5, 0.6) is 0 Å². The van der Waals surface area contributed by atoms with Crippen LogP contribution in [0.15, 0.2) is 39.9 Å². The maximum absolute atomic E-state index is 11.1. The molecule has 0 fully saturated rings. The van der Waals surface area contributed by atoms with Gasteiger partial charge in [0.2, 0.25) is 0 Å². The van der Waals surface area contributed by atoms with E-state index in [1.807, 2.05) is 30.3 Å². The Balaban J connectivity index is 2.63. The molecule has 0 spiro atoms. The monoisotopic (exact) mass is 237 g/mol. The SMILES string of the molecule is O=c1c([Se])c(-c2ccccc2)c1=O. The molecule has 0 aromatic heterocycles. The molecule has 3 heteroatoms. The Morgan fingerprint density at radius 2 is 1.54 bits per heavy atom. The van der Waals surface area contributed by atoms with Gasteiger partial charge < -0.3 is 0 Å². The average molecular weight is 236 g/mol. The topological polar surface area (TPSA) is 34.1 Å². The second kappa shape index (κ2) is 2.95. The van der Waals surface area contributed by atoms with Crippen LogP contribution in [-0.2, 0) is 0 Å². The van der Waals surface area contributed by atoms with Crippen LogP contribution in [0.4, 0.5) is 0 Å². The van der Waals surface area contributed by atoms with E-state index in [4.69, 9.17) is 0 Å². The van der Waals surface area contributed by atoms with Crippen LogP contribution in [-0.4, -0.2) is 16.0 Å². The Morgan fingerprint density at radius 3 is 2.08 bits per heavy atom. The standard InChI is InChI=1S/C10H5O2Se/c11-8-7(10(13)9(8)12)6-4-2-1-3-5-6/h1-5H. The van der Waals surface area contributed by atoms with Crippen molar-refractivity contribution in [1.82, 2.24) is 0 Å². The molecule has 0 aliphatic rings. The van der Waals surface area contributed by atoms with Gasteiger partial charge in [0.05, 0.1) is 0 Å². The van der Waals surface area contributed by atoms with Crippen molar-refractivity contribution in [3.8, 4) is 11.1 Å². The second-order valence-electron chi connectivity index (χ2n) is 2.73. The number of benzene rings is 1. The van der Waals surface area contributed by atoms with Gasteiger partial charge in [-0.3, -0.25) is 0 Å². The van der Waals surface area contributed by atoms with Gasteiger partial charge in [0.25, 0.3) is 0 Å². The quantitative estimate of drug-likeness (QED) is 0.505. The van der Waals surface area contributed by atoms with Crippen molar-refractivity contribution in [1.29, 1.82) is 0 Å². The molecule has 0 saturated heterocycles. The second-order valence-corrected chi connectivity index (χ2v) is 3.58. The van der Waals surface area contributed by atoms with E-state index >= 15 is 0 Å². The summed E-state index contributed by atoms with van der Waals surface area (Å²) in [7, 11) is 0. The van der Waals surface area contributed by atoms with Crippen LogP contribution in [0.25, 0.3) is 11.1 Å². The van der Waals surface area contributed by atoms with Crippen molar-refractivity contribution in [2.75, 3.05) is 0 Å². The Bertz CT molecular complexity index is 507. The number of hydrogen-bond donors (Lipinski definition) is 0. The van der Waals surface area contributed by atoms with Gasteiger partial charge in [-0.05, 0) is 0 Å². The normalized spacial score (nSPS) is 10.5. The molecule has 1 radical (unpaired) electrons. The van der Waals surface area contributed by atoms with E-state index in [0.29, 0.717) is 10.0 Å². The number of rotatable bonds is 1. The van der Waals surface area contributed by atoms with Gasteiger partial charge >= 0.3 is 82.4 Å². The summed E-state index contributed by atoms with van der Waals surface area (Å²) in [6.07, 6.45) is 0. The van der Waals surface area contributed by atoms with E-state index in [1.165, 1.54) is 0 Å². The molecule has 0 heterocycles. The van der Waals surface area contributed by atoms with E-state index in [2.05, 4.69) is 16.0 Å². The molecule has 0 unspecified atom stereocenters. The average Bonchev–Trinajstić information content (AvgIpc) is 2.19. The fourth-order valence-corrected chi connectivity index (χ4v) is 1.87. The van der Waals surface area contributed by atoms with Crippen molar-refractivity contribution in [3.63, 3.8) is 0 Å². The predicted molar refractivity (Wildman–Crippen MR) is 52.2 cm³/mol. The third-order valence-electron chi connectivity index (χ3n) is 1.93. The van der Waals surface area contributed by atoms with E-state index in [1.54, 1.807) is 0 Å². The van der Waals surface area contributed by atoms with Crippen molar-refractivity contribution in [2.45, 2.75) is 0 Å². The van der Waals surface area contributed by atoms with Crippen LogP contribution in [0.1, 0.15) is 0 Å². The molecule has 2 nitrogen and oxygen atoms in total. The molecule has 2 rings (SSSR count). The van der Waals surface area contributed by atoms with Gasteiger partial charge in [0, 0.05) is 0 Å². The molecule has 13 heavy (non-hydrogen) atoms. The number of hydrogen-bond acceptors (Lipinski definition) is 2. The van der Waals surface area contributed by atoms with Crippen LogP contribution in [0.3, 0.4) is 0 Å². The van der Waals surface area contributed by atoms with Gasteiger partial charge in [-0.25, -0.2) is 0 Å². The van der Waals surface area contributed by atoms with Crippen molar-refractivity contribution in [2.24, 2.45) is 0 Å². The summed E-state index contributed by atoms with van der Waals surface area (Å²) in [6.45, 7) is 0. The summed E-state index contributed by atoms with van der Waals surface area (Å²) in [5.74, 6) is 0. The first-order valence-electron chi connectivity index (χ1n) is 3.77. The minimum atomic E-state index is -0.404. The molecule has 2 aromatic carbocycles. The van der Waals surface area contributed by atoms with Gasteiger partial charge in [-0.15, -0.1) is 0 Å². The van der Waals surface area contributed by atoms with E-state index in [-0.39, 0.29) is 5.43 Å². The van der Waals surface area contributed by atoms with Crippen molar-refractivity contribution >= 4 is 20.5 Å². The molecule has 2 aromatic rings. The summed E-state index contributed by atoms with van der Waals surface area (Å²) >= 11 is 2.61. The molecule has 0 bridgehead atoms. The first-order valence-corrected chi connectivity index (χ1v) is 4.63. The molecule has 0 N–H and O–H groups in total. The van der Waals surface area contributed by atoms with Gasteiger partial charge in [0.15, 0.2) is 0 Å². The van der Waals surface area contributed by atoms with Crippen molar-refractivity contribution in [3.05, 3.63) is 50.8 Å². The molecular weight excluding hydrogens is 231 g/mol. The summed E-state index contributed by atoms with van der Waals surface area (Å²) in [5, 5.41) is 0. The molecule has 0 saturated carbocycles. The van der Waals surface area contributed by atoms with Crippen LogP contribution >= 0.6 is 0 Å². The van der Waals surface area contributed by atoms with Crippen LogP contribution < -0.4 is 15.3 Å². The van der Waals surface area contributed by atoms with Crippen LogP contribution in [0, 0.1) is 0 Å². The Labute approximate surface area is 82.7 Å². The summed E-state index contributed by atoms with van der Waals surface area (Å²) in [4.78, 5) is 22.1. The van der Waals surface area contributed by atoms with Crippen molar-refractivity contribution < 1.29 is 0 Å². The van der Waals surface area contributed by atoms with Gasteiger partial charge in [-0.1, -0.05) is 0 Å². The Hall–Kier alpha value is -1.18. The zero-order valence-electron chi connectivity index (χ0n) is 6.61. The molecule has 63 valence electrons. The van der Waals surface area contributed by atoms with Crippen LogP contribution in [0.2, 0.25) is 0 Å². The zero-order chi connectivity index (χ0) is 9.42. The third-order valence-corrected chi connectivity index (χ3v) is 2.75. The Morgan fingerprint density at radius 1 is 0.923 bits per heavy atom. The Kier molecular flexibility index (Phi) is 1.91. The third kappa shape index (κ3) is 1.17. The fourth-order valence-electron chi connectivity index (χ4n) is 1.24. The van der Waals surface area contributed by atoms with Gasteiger partial charge in [-0.2, -0.15) is 0 Å². The van der Waals surface area contributed by atoms with E-state index < -0.39 is 5.43 Å². The maximum atomic E-state index is 11.1. The molecular formula is C10H5O2Se. The fraction of sp³-hybridized carbons (Fsp3) is 0. The molecule has 0 aliphatic heterocycles. The minimum absolute atomic E-state index is 0.389. The van der Waals surface area contributed by atoms with E-state index in [9.17, 15) is 9.59 Å². The first-order chi connectivity index (χ1) is 6.22. The summed E-state index contributed by atoms with van der Waals surface area (Å²) < 4.78 is 0.455. The molecule has 0 atom stereocenters.